The summed E-state index contributed by atoms with van der Waals surface area (Å²) in [5, 5.41) is 0. The first-order chi connectivity index (χ1) is 8.53. The van der Waals surface area contributed by atoms with Crippen molar-refractivity contribution in [3.05, 3.63) is 24.0 Å². The van der Waals surface area contributed by atoms with Crippen LogP contribution in [0.4, 0.5) is 0 Å². The first-order valence-corrected chi connectivity index (χ1v) is 7.17. The van der Waals surface area contributed by atoms with Gasteiger partial charge in [-0.3, -0.25) is 4.98 Å². The molecule has 0 aromatic carbocycles. The van der Waals surface area contributed by atoms with Crippen molar-refractivity contribution in [3.63, 3.8) is 0 Å². The molecule has 0 saturated carbocycles. The summed E-state index contributed by atoms with van der Waals surface area (Å²) in [7, 11) is 0. The van der Waals surface area contributed by atoms with E-state index in [1.165, 1.54) is 5.46 Å². The van der Waals surface area contributed by atoms with Crippen LogP contribution in [-0.2, 0) is 10.1 Å². The molecule has 0 bridgehead atoms. The van der Waals surface area contributed by atoms with Gasteiger partial charge in [0.05, 0.1) is 5.60 Å². The van der Waals surface area contributed by atoms with Crippen LogP contribution >= 0.6 is 0 Å². The first-order valence-electron chi connectivity index (χ1n) is 7.17. The summed E-state index contributed by atoms with van der Waals surface area (Å²) in [5.41, 5.74) is 2.55. The predicted octanol–water partition coefficient (Wildman–Crippen LogP) is 3.41. The zero-order valence-electron chi connectivity index (χ0n) is 13.4. The molecule has 1 fully saturated rings. The van der Waals surface area contributed by atoms with Gasteiger partial charge < -0.3 is 4.65 Å². The van der Waals surface area contributed by atoms with Gasteiger partial charge in [0, 0.05) is 17.3 Å². The van der Waals surface area contributed by atoms with Crippen molar-refractivity contribution in [2.24, 2.45) is 5.41 Å². The molecule has 19 heavy (non-hydrogen) atoms. The zero-order valence-corrected chi connectivity index (χ0v) is 13.4. The minimum atomic E-state index is -0.0830. The molecular weight excluding hydrogens is 236 g/mol. The third-order valence-electron chi connectivity index (χ3n) is 4.69. The molecule has 0 radical (unpaired) electrons. The molecule has 1 saturated heterocycles. The predicted molar refractivity (Wildman–Crippen MR) is 82.1 cm³/mol. The summed E-state index contributed by atoms with van der Waals surface area (Å²) < 4.78 is 6.24. The summed E-state index contributed by atoms with van der Waals surface area (Å²) in [5.74, 6) is 0. The molecule has 1 aromatic rings. The summed E-state index contributed by atoms with van der Waals surface area (Å²) in [6.45, 7) is 15.7. The molecule has 0 atom stereocenters. The van der Waals surface area contributed by atoms with E-state index in [9.17, 15) is 0 Å². The first kappa shape index (κ1) is 14.6. The Morgan fingerprint density at radius 2 is 1.79 bits per heavy atom. The molecule has 104 valence electrons. The van der Waals surface area contributed by atoms with Gasteiger partial charge in [0.1, 0.15) is 0 Å². The van der Waals surface area contributed by atoms with Crippen molar-refractivity contribution in [3.8, 4) is 0 Å². The monoisotopic (exact) mass is 262 g/mol. The van der Waals surface area contributed by atoms with Crippen molar-refractivity contribution < 1.29 is 4.65 Å². The fourth-order valence-corrected chi connectivity index (χ4v) is 2.49. The highest BCUT2D eigenvalue weighted by Crippen LogP contribution is 2.44. The van der Waals surface area contributed by atoms with Crippen LogP contribution in [0.25, 0.3) is 0 Å². The normalized spacial score (nSPS) is 21.7. The standard InChI is InChI=1S/C16H26BNO/c1-14(2,3)13-9-8-12(10-18-13)17-11-15(4,5)16(6,7)19-17/h8-10H,11H2,1-7H3/i1+1,2+1,14+1. The van der Waals surface area contributed by atoms with E-state index in [2.05, 4.69) is 65.6 Å². The highest BCUT2D eigenvalue weighted by molar-refractivity contribution is 6.68. The second-order valence-electron chi connectivity index (χ2n) is 7.93. The van der Waals surface area contributed by atoms with Gasteiger partial charge in [0.25, 0.3) is 0 Å². The SMILES string of the molecule is CC1(C)CB(c2ccc([13C](C)([13CH3])[13CH3])nc2)OC1(C)C. The van der Waals surface area contributed by atoms with E-state index in [1.54, 1.807) is 0 Å². The van der Waals surface area contributed by atoms with E-state index in [-0.39, 0.29) is 23.3 Å². The molecule has 2 rings (SSSR count). The lowest BCUT2D eigenvalue weighted by atomic mass is 9.54. The van der Waals surface area contributed by atoms with E-state index in [4.69, 9.17) is 4.65 Å². The molecule has 1 aliphatic heterocycles. The molecule has 2 heterocycles. The number of aromatic nitrogens is 1. The van der Waals surface area contributed by atoms with E-state index in [1.807, 2.05) is 6.20 Å². The Kier molecular flexibility index (Phi) is 3.33. The maximum Gasteiger partial charge on any atom is 0.329 e. The highest BCUT2D eigenvalue weighted by Gasteiger charge is 2.49. The topological polar surface area (TPSA) is 22.1 Å². The van der Waals surface area contributed by atoms with E-state index < -0.39 is 0 Å². The van der Waals surface area contributed by atoms with Gasteiger partial charge in [-0.1, -0.05) is 40.7 Å². The van der Waals surface area contributed by atoms with Crippen LogP contribution in [0.15, 0.2) is 18.3 Å². The van der Waals surface area contributed by atoms with Crippen LogP contribution in [0.2, 0.25) is 6.32 Å². The second-order valence-corrected chi connectivity index (χ2v) is 7.93. The van der Waals surface area contributed by atoms with E-state index >= 15 is 0 Å². The molecule has 0 spiro atoms. The third-order valence-corrected chi connectivity index (χ3v) is 4.69. The Balaban J connectivity index is 2.22. The fraction of sp³-hybridized carbons (Fsp3) is 0.688. The van der Waals surface area contributed by atoms with Gasteiger partial charge in [-0.05, 0) is 37.1 Å². The minimum Gasteiger partial charge on any atom is -0.425 e. The quantitative estimate of drug-likeness (QED) is 0.571. The van der Waals surface area contributed by atoms with Crippen molar-refractivity contribution in [1.82, 2.24) is 4.98 Å². The smallest absolute Gasteiger partial charge is 0.329 e. The van der Waals surface area contributed by atoms with Gasteiger partial charge in [0.15, 0.2) is 0 Å². The molecule has 0 amide bonds. The van der Waals surface area contributed by atoms with E-state index in [0.29, 0.717) is 0 Å². The fourth-order valence-electron chi connectivity index (χ4n) is 2.49. The van der Waals surface area contributed by atoms with Crippen molar-refractivity contribution in [2.75, 3.05) is 0 Å². The lowest BCUT2D eigenvalue weighted by Gasteiger charge is -2.34. The largest absolute Gasteiger partial charge is 0.425 e. The van der Waals surface area contributed by atoms with Gasteiger partial charge in [-0.25, -0.2) is 0 Å². The number of nitrogens with zero attached hydrogens (tertiary/aromatic N) is 1. The molecule has 3 heteroatoms. The number of rotatable bonds is 1. The average molecular weight is 262 g/mol. The average Bonchev–Trinajstić information content (AvgIpc) is 2.47. The summed E-state index contributed by atoms with van der Waals surface area (Å²) >= 11 is 0. The van der Waals surface area contributed by atoms with Gasteiger partial charge >= 0.3 is 6.92 Å². The Bertz CT molecular complexity index is 441. The lowest BCUT2D eigenvalue weighted by Crippen LogP contribution is -2.36. The van der Waals surface area contributed by atoms with Crippen LogP contribution in [0.5, 0.6) is 0 Å². The number of hydrogen-bond acceptors (Lipinski definition) is 2. The Morgan fingerprint density at radius 3 is 2.16 bits per heavy atom. The zero-order chi connectivity index (χ0) is 14.5. The third kappa shape index (κ3) is 2.71. The van der Waals surface area contributed by atoms with Crippen LogP contribution in [0.3, 0.4) is 0 Å². The molecular formula is C16H26BNO. The Labute approximate surface area is 118 Å². The highest BCUT2D eigenvalue weighted by atomic mass is 16.5. The van der Waals surface area contributed by atoms with Crippen molar-refractivity contribution in [1.29, 1.82) is 0 Å². The second kappa shape index (κ2) is 4.34. The van der Waals surface area contributed by atoms with Crippen molar-refractivity contribution in [2.45, 2.75) is 65.8 Å². The summed E-state index contributed by atoms with van der Waals surface area (Å²) in [4.78, 5) is 4.61. The van der Waals surface area contributed by atoms with Gasteiger partial charge in [-0.2, -0.15) is 0 Å². The Morgan fingerprint density at radius 1 is 1.16 bits per heavy atom. The lowest BCUT2D eigenvalue weighted by molar-refractivity contribution is 0.0375. The van der Waals surface area contributed by atoms with Crippen LogP contribution in [0.1, 0.15) is 54.2 Å². The Hall–Kier alpha value is -0.825. The van der Waals surface area contributed by atoms with Crippen LogP contribution in [0, 0.1) is 5.41 Å². The summed E-state index contributed by atoms with van der Waals surface area (Å²) in [6.07, 6.45) is 3.04. The molecule has 1 aliphatic rings. The molecule has 1 aromatic heterocycles. The minimum absolute atomic E-state index is 0.0830. The van der Waals surface area contributed by atoms with Gasteiger partial charge in [0.2, 0.25) is 0 Å². The molecule has 2 nitrogen and oxygen atoms in total. The summed E-state index contributed by atoms with van der Waals surface area (Å²) in [6, 6.07) is 4.31. The maximum absolute atomic E-state index is 6.24. The molecule has 0 unspecified atom stereocenters. The molecule has 0 N–H and O–H groups in total. The number of pyridine rings is 1. The maximum atomic E-state index is 6.24. The van der Waals surface area contributed by atoms with Crippen LogP contribution < -0.4 is 5.46 Å². The molecule has 0 aliphatic carbocycles. The number of hydrogen-bond donors (Lipinski definition) is 0. The van der Waals surface area contributed by atoms with E-state index in [0.717, 1.165) is 12.0 Å². The van der Waals surface area contributed by atoms with Gasteiger partial charge in [-0.15, -0.1) is 0 Å². The van der Waals surface area contributed by atoms with Crippen molar-refractivity contribution >= 4 is 12.4 Å². The van der Waals surface area contributed by atoms with Crippen LogP contribution in [-0.4, -0.2) is 17.5 Å².